The van der Waals surface area contributed by atoms with Gasteiger partial charge >= 0.3 is 0 Å². The normalized spacial score (nSPS) is 13.0. The third-order valence-corrected chi connectivity index (χ3v) is 4.54. The van der Waals surface area contributed by atoms with Crippen LogP contribution < -0.4 is 0 Å². The Kier molecular flexibility index (Phi) is 11.6. The summed E-state index contributed by atoms with van der Waals surface area (Å²) in [5.74, 6) is 0. The predicted octanol–water partition coefficient (Wildman–Crippen LogP) is 5.90. The number of nitrogens with zero attached hydrogens (tertiary/aromatic N) is 1. The molecule has 1 aliphatic heterocycles. The molecular formula is C19H27Cl2NO2. The van der Waals surface area contributed by atoms with E-state index >= 15 is 0 Å². The van der Waals surface area contributed by atoms with Crippen LogP contribution in [0.25, 0.3) is 0 Å². The Labute approximate surface area is 155 Å². The van der Waals surface area contributed by atoms with Crippen molar-refractivity contribution >= 4 is 35.4 Å². The molecule has 1 aromatic rings. The van der Waals surface area contributed by atoms with E-state index in [4.69, 9.17) is 23.2 Å². The first-order valence-electron chi connectivity index (χ1n) is 8.69. The van der Waals surface area contributed by atoms with Crippen molar-refractivity contribution in [2.75, 3.05) is 13.2 Å². The van der Waals surface area contributed by atoms with E-state index < -0.39 is 0 Å². The van der Waals surface area contributed by atoms with Crippen LogP contribution in [0.2, 0.25) is 10.0 Å². The van der Waals surface area contributed by atoms with Gasteiger partial charge in [-0.2, -0.15) is 0 Å². The van der Waals surface area contributed by atoms with E-state index in [0.717, 1.165) is 47.8 Å². The van der Waals surface area contributed by atoms with Gasteiger partial charge in [-0.1, -0.05) is 61.9 Å². The lowest BCUT2D eigenvalue weighted by atomic mass is 10.1. The van der Waals surface area contributed by atoms with E-state index in [1.54, 1.807) is 0 Å². The summed E-state index contributed by atoms with van der Waals surface area (Å²) in [6.45, 7) is 4.24. The number of hydrogen-bond acceptors (Lipinski definition) is 3. The predicted molar refractivity (Wildman–Crippen MR) is 102 cm³/mol. The van der Waals surface area contributed by atoms with Crippen molar-refractivity contribution < 1.29 is 9.53 Å². The largest absolute Gasteiger partial charge is 0.468 e. The summed E-state index contributed by atoms with van der Waals surface area (Å²) in [6, 6.07) is 5.61. The number of aliphatic imine (C=N–C) groups is 1. The highest BCUT2D eigenvalue weighted by molar-refractivity contribution is 6.36. The molecule has 3 nitrogen and oxygen atoms in total. The highest BCUT2D eigenvalue weighted by Gasteiger charge is 2.11. The van der Waals surface area contributed by atoms with Crippen LogP contribution in [-0.2, 0) is 16.0 Å². The molecule has 1 aromatic carbocycles. The van der Waals surface area contributed by atoms with E-state index in [-0.39, 0.29) is 0 Å². The number of rotatable bonds is 9. The van der Waals surface area contributed by atoms with Gasteiger partial charge < -0.3 is 4.74 Å². The summed E-state index contributed by atoms with van der Waals surface area (Å²) >= 11 is 12.1. The maximum atomic E-state index is 9.67. The second kappa shape index (κ2) is 13.3. The molecule has 0 N–H and O–H groups in total. The van der Waals surface area contributed by atoms with Crippen LogP contribution in [0, 0.1) is 0 Å². The third kappa shape index (κ3) is 8.70. The molecule has 134 valence electrons. The summed E-state index contributed by atoms with van der Waals surface area (Å²) in [6.07, 6.45) is 9.06. The lowest BCUT2D eigenvalue weighted by Crippen LogP contribution is -2.00. The number of carbonyl (C=O) groups excluding carboxylic acids is 1. The number of hydrogen-bond donors (Lipinski definition) is 0. The molecule has 0 radical (unpaired) electrons. The first-order valence-corrected chi connectivity index (χ1v) is 9.45. The Morgan fingerprint density at radius 2 is 1.88 bits per heavy atom. The topological polar surface area (TPSA) is 38.7 Å². The maximum Gasteiger partial charge on any atom is 0.293 e. The zero-order chi connectivity index (χ0) is 17.6. The minimum absolute atomic E-state index is 0.514. The molecule has 0 bridgehead atoms. The summed E-state index contributed by atoms with van der Waals surface area (Å²) in [5.41, 5.74) is 2.23. The van der Waals surface area contributed by atoms with Gasteiger partial charge in [0.1, 0.15) is 0 Å². The van der Waals surface area contributed by atoms with Crippen molar-refractivity contribution in [2.24, 2.45) is 4.99 Å². The van der Waals surface area contributed by atoms with E-state index in [2.05, 4.69) is 16.7 Å². The van der Waals surface area contributed by atoms with Gasteiger partial charge in [-0.05, 0) is 37.0 Å². The molecule has 0 amide bonds. The second-order valence-corrected chi connectivity index (χ2v) is 6.62. The molecule has 0 aliphatic carbocycles. The van der Waals surface area contributed by atoms with Crippen LogP contribution in [0.5, 0.6) is 0 Å². The van der Waals surface area contributed by atoms with E-state index in [1.165, 1.54) is 31.4 Å². The van der Waals surface area contributed by atoms with Crippen molar-refractivity contribution in [1.82, 2.24) is 0 Å². The van der Waals surface area contributed by atoms with Crippen molar-refractivity contribution in [2.45, 2.75) is 58.3 Å². The summed E-state index contributed by atoms with van der Waals surface area (Å²) in [4.78, 5) is 14.1. The lowest BCUT2D eigenvalue weighted by Gasteiger charge is -2.06. The van der Waals surface area contributed by atoms with Crippen molar-refractivity contribution in [1.29, 1.82) is 0 Å². The molecule has 0 saturated heterocycles. The molecule has 0 atom stereocenters. The fourth-order valence-electron chi connectivity index (χ4n) is 2.49. The third-order valence-electron chi connectivity index (χ3n) is 3.84. The van der Waals surface area contributed by atoms with Crippen LogP contribution in [0.4, 0.5) is 0 Å². The molecule has 1 heterocycles. The van der Waals surface area contributed by atoms with Gasteiger partial charge in [0.2, 0.25) is 0 Å². The fraction of sp³-hybridized carbons (Fsp3) is 0.579. The molecule has 24 heavy (non-hydrogen) atoms. The highest BCUT2D eigenvalue weighted by Crippen LogP contribution is 2.26. The molecule has 5 heteroatoms. The smallest absolute Gasteiger partial charge is 0.293 e. The zero-order valence-corrected chi connectivity index (χ0v) is 15.9. The standard InChI is InChI=1S/C11H11Cl2N.C8H16O2/c12-10-4-1-5-11(13)9(10)7-8-3-2-6-14-8;1-2-3-4-5-6-7-10-8-9/h1,4-5H,2-3,6-7H2;8H,2-7H2,1H3. The first-order chi connectivity index (χ1) is 11.7. The lowest BCUT2D eigenvalue weighted by molar-refractivity contribution is -0.128. The number of carbonyl (C=O) groups is 1. The van der Waals surface area contributed by atoms with Crippen LogP contribution in [0.1, 0.15) is 57.4 Å². The molecule has 0 spiro atoms. The number of unbranched alkanes of at least 4 members (excludes halogenated alkanes) is 4. The van der Waals surface area contributed by atoms with Crippen LogP contribution in [-0.4, -0.2) is 25.3 Å². The quantitative estimate of drug-likeness (QED) is 0.400. The highest BCUT2D eigenvalue weighted by atomic mass is 35.5. The van der Waals surface area contributed by atoms with Crippen LogP contribution in [0.15, 0.2) is 23.2 Å². The Morgan fingerprint density at radius 1 is 1.17 bits per heavy atom. The van der Waals surface area contributed by atoms with Crippen LogP contribution in [0.3, 0.4) is 0 Å². The van der Waals surface area contributed by atoms with Gasteiger partial charge in [-0.3, -0.25) is 9.79 Å². The average molecular weight is 372 g/mol. The van der Waals surface area contributed by atoms with Crippen molar-refractivity contribution in [3.8, 4) is 0 Å². The minimum Gasteiger partial charge on any atom is -0.468 e. The van der Waals surface area contributed by atoms with Crippen LogP contribution >= 0.6 is 23.2 Å². The minimum atomic E-state index is 0.514. The Balaban J connectivity index is 0.000000257. The number of benzene rings is 1. The van der Waals surface area contributed by atoms with Gasteiger partial charge in [0.05, 0.1) is 6.61 Å². The summed E-state index contributed by atoms with van der Waals surface area (Å²) in [5, 5.41) is 1.49. The molecule has 0 aromatic heterocycles. The van der Waals surface area contributed by atoms with Gasteiger partial charge in [-0.15, -0.1) is 0 Å². The monoisotopic (exact) mass is 371 g/mol. The van der Waals surface area contributed by atoms with Crippen molar-refractivity contribution in [3.63, 3.8) is 0 Å². The molecular weight excluding hydrogens is 345 g/mol. The Hall–Kier alpha value is -1.06. The maximum absolute atomic E-state index is 9.67. The average Bonchev–Trinajstić information content (AvgIpc) is 3.08. The van der Waals surface area contributed by atoms with Crippen molar-refractivity contribution in [3.05, 3.63) is 33.8 Å². The molecule has 1 aliphatic rings. The molecule has 2 rings (SSSR count). The molecule has 0 fully saturated rings. The number of halogens is 2. The van der Waals surface area contributed by atoms with E-state index in [9.17, 15) is 4.79 Å². The number of ether oxygens (including phenoxy) is 1. The van der Waals surface area contributed by atoms with E-state index in [0.29, 0.717) is 13.1 Å². The Morgan fingerprint density at radius 3 is 2.46 bits per heavy atom. The van der Waals surface area contributed by atoms with E-state index in [1.807, 2.05) is 18.2 Å². The SMILES string of the molecule is CCCCCCCOC=O.Clc1cccc(Cl)c1CC1=NCCC1. The van der Waals surface area contributed by atoms with Gasteiger partial charge in [0, 0.05) is 28.7 Å². The molecule has 0 saturated carbocycles. The fourth-order valence-corrected chi connectivity index (χ4v) is 3.02. The van der Waals surface area contributed by atoms with Gasteiger partial charge in [-0.25, -0.2) is 0 Å². The van der Waals surface area contributed by atoms with Gasteiger partial charge in [0.25, 0.3) is 6.47 Å². The van der Waals surface area contributed by atoms with Gasteiger partial charge in [0.15, 0.2) is 0 Å². The molecule has 0 unspecified atom stereocenters. The summed E-state index contributed by atoms with van der Waals surface area (Å²) in [7, 11) is 0. The second-order valence-electron chi connectivity index (χ2n) is 5.81. The Bertz CT molecular complexity index is 498. The zero-order valence-electron chi connectivity index (χ0n) is 14.4. The first kappa shape index (κ1) is 21.0. The summed E-state index contributed by atoms with van der Waals surface area (Å²) < 4.78 is 4.53.